The maximum atomic E-state index is 14.4. The average molecular weight is 397 g/mol. The molecular formula is C22H28FN5O. The minimum absolute atomic E-state index is 0.0451. The number of aromatic nitrogens is 1. The van der Waals surface area contributed by atoms with E-state index in [1.165, 1.54) is 6.07 Å². The molecule has 2 aromatic rings. The summed E-state index contributed by atoms with van der Waals surface area (Å²) in [5.74, 6) is 1.05. The highest BCUT2D eigenvalue weighted by Crippen LogP contribution is 2.41. The second-order valence-electron chi connectivity index (χ2n) is 8.24. The molecule has 3 aliphatic heterocycles. The number of halogens is 1. The third-order valence-electron chi connectivity index (χ3n) is 6.47. The molecule has 0 spiro atoms. The maximum absolute atomic E-state index is 14.4. The van der Waals surface area contributed by atoms with Crippen LogP contribution >= 0.6 is 0 Å². The Labute approximate surface area is 170 Å². The third kappa shape index (κ3) is 3.88. The molecule has 1 aromatic carbocycles. The zero-order valence-corrected chi connectivity index (χ0v) is 16.4. The predicted octanol–water partition coefficient (Wildman–Crippen LogP) is 2.22. The van der Waals surface area contributed by atoms with Gasteiger partial charge >= 0.3 is 0 Å². The first-order chi connectivity index (χ1) is 14.3. The highest BCUT2D eigenvalue weighted by Gasteiger charge is 2.42. The van der Waals surface area contributed by atoms with E-state index in [1.807, 2.05) is 24.4 Å². The lowest BCUT2D eigenvalue weighted by Crippen LogP contribution is -2.46. The zero-order chi connectivity index (χ0) is 19.6. The van der Waals surface area contributed by atoms with E-state index in [1.54, 1.807) is 12.3 Å². The lowest BCUT2D eigenvalue weighted by atomic mass is 9.80. The molecule has 6 nitrogen and oxygen atoms in total. The third-order valence-corrected chi connectivity index (χ3v) is 6.47. The van der Waals surface area contributed by atoms with Gasteiger partial charge in [0.2, 0.25) is 0 Å². The molecule has 3 saturated heterocycles. The Balaban J connectivity index is 1.36. The van der Waals surface area contributed by atoms with Gasteiger partial charge in [-0.15, -0.1) is 0 Å². The molecule has 7 heteroatoms. The number of hydrogen-bond donors (Lipinski definition) is 4. The summed E-state index contributed by atoms with van der Waals surface area (Å²) in [5, 5.41) is 7.02. The van der Waals surface area contributed by atoms with Crippen LogP contribution in [0.5, 0.6) is 5.75 Å². The summed E-state index contributed by atoms with van der Waals surface area (Å²) in [7, 11) is 0. The molecule has 0 radical (unpaired) electrons. The molecule has 1 aromatic heterocycles. The minimum Gasteiger partial charge on any atom is -0.490 e. The van der Waals surface area contributed by atoms with Gasteiger partial charge in [0.25, 0.3) is 0 Å². The van der Waals surface area contributed by atoms with Crippen LogP contribution in [0, 0.1) is 11.7 Å². The number of hydrazine groups is 1. The van der Waals surface area contributed by atoms with E-state index in [0.717, 1.165) is 55.8 Å². The van der Waals surface area contributed by atoms with Crippen LogP contribution in [0.25, 0.3) is 0 Å². The van der Waals surface area contributed by atoms with Crippen LogP contribution in [0.15, 0.2) is 42.7 Å². The molecule has 0 saturated carbocycles. The number of fused-ring (bicyclic) bond motifs is 1. The van der Waals surface area contributed by atoms with Gasteiger partial charge in [-0.25, -0.2) is 9.82 Å². The van der Waals surface area contributed by atoms with Crippen LogP contribution in [-0.4, -0.2) is 36.8 Å². The van der Waals surface area contributed by atoms with Crippen molar-refractivity contribution in [3.8, 4) is 5.75 Å². The van der Waals surface area contributed by atoms with Crippen molar-refractivity contribution in [1.29, 1.82) is 0 Å². The van der Waals surface area contributed by atoms with Crippen molar-refractivity contribution in [1.82, 2.24) is 26.5 Å². The maximum Gasteiger partial charge on any atom is 0.128 e. The Hall–Kier alpha value is -2.06. The van der Waals surface area contributed by atoms with Gasteiger partial charge in [0, 0.05) is 42.1 Å². The van der Waals surface area contributed by atoms with Crippen molar-refractivity contribution in [2.45, 2.75) is 43.5 Å². The van der Waals surface area contributed by atoms with Crippen molar-refractivity contribution in [3.05, 3.63) is 59.7 Å². The summed E-state index contributed by atoms with van der Waals surface area (Å²) < 4.78 is 20.8. The van der Waals surface area contributed by atoms with Gasteiger partial charge in [0.05, 0.1) is 6.04 Å². The normalized spacial score (nSPS) is 30.1. The topological polar surface area (TPSA) is 70.2 Å². The predicted molar refractivity (Wildman–Crippen MR) is 109 cm³/mol. The van der Waals surface area contributed by atoms with Crippen molar-refractivity contribution < 1.29 is 9.13 Å². The fraction of sp³-hybridized carbons (Fsp3) is 0.500. The Kier molecular flexibility index (Phi) is 5.46. The Morgan fingerprint density at radius 1 is 1.03 bits per heavy atom. The van der Waals surface area contributed by atoms with E-state index >= 15 is 0 Å². The van der Waals surface area contributed by atoms with Crippen LogP contribution < -0.4 is 26.2 Å². The average Bonchev–Trinajstić information content (AvgIpc) is 3.18. The lowest BCUT2D eigenvalue weighted by Gasteiger charge is -2.35. The summed E-state index contributed by atoms with van der Waals surface area (Å²) in [6, 6.07) is 9.39. The van der Waals surface area contributed by atoms with Crippen LogP contribution in [0.4, 0.5) is 4.39 Å². The summed E-state index contributed by atoms with van der Waals surface area (Å²) in [4.78, 5) is 4.37. The number of hydrogen-bond acceptors (Lipinski definition) is 6. The quantitative estimate of drug-likeness (QED) is 0.634. The molecule has 0 aliphatic carbocycles. The zero-order valence-electron chi connectivity index (χ0n) is 16.4. The fourth-order valence-corrected chi connectivity index (χ4v) is 4.90. The smallest absolute Gasteiger partial charge is 0.128 e. The van der Waals surface area contributed by atoms with Gasteiger partial charge in [-0.2, -0.15) is 0 Å². The molecule has 5 rings (SSSR count). The van der Waals surface area contributed by atoms with Gasteiger partial charge in [-0.05, 0) is 50.4 Å². The van der Waals surface area contributed by atoms with E-state index < -0.39 is 0 Å². The Morgan fingerprint density at radius 3 is 2.76 bits per heavy atom. The molecule has 3 fully saturated rings. The van der Waals surface area contributed by atoms with Crippen molar-refractivity contribution >= 4 is 0 Å². The van der Waals surface area contributed by atoms with Gasteiger partial charge in [-0.1, -0.05) is 18.2 Å². The van der Waals surface area contributed by atoms with Gasteiger partial charge in [-0.3, -0.25) is 10.4 Å². The van der Waals surface area contributed by atoms with E-state index in [2.05, 4.69) is 26.5 Å². The highest BCUT2D eigenvalue weighted by atomic mass is 19.1. The molecule has 4 heterocycles. The highest BCUT2D eigenvalue weighted by molar-refractivity contribution is 5.34. The van der Waals surface area contributed by atoms with E-state index in [-0.39, 0.29) is 36.0 Å². The first kappa shape index (κ1) is 18.9. The second kappa shape index (κ2) is 8.36. The number of rotatable bonds is 4. The molecular weight excluding hydrogens is 369 g/mol. The van der Waals surface area contributed by atoms with Crippen LogP contribution in [0.2, 0.25) is 0 Å². The molecule has 3 aliphatic rings. The largest absolute Gasteiger partial charge is 0.490 e. The number of nitrogens with one attached hydrogen (secondary N) is 4. The Bertz CT molecular complexity index is 843. The number of piperidine rings is 2. The molecule has 4 unspecified atom stereocenters. The SMILES string of the molecule is Fc1ccccc1C1NNC2CNC(c3cnccc3OC3CCNCC3)CC21. The number of pyridine rings is 1. The van der Waals surface area contributed by atoms with Crippen LogP contribution in [0.3, 0.4) is 0 Å². The summed E-state index contributed by atoms with van der Waals surface area (Å²) >= 11 is 0. The van der Waals surface area contributed by atoms with E-state index in [4.69, 9.17) is 4.74 Å². The van der Waals surface area contributed by atoms with Crippen molar-refractivity contribution in [3.63, 3.8) is 0 Å². The number of nitrogens with zero attached hydrogens (tertiary/aromatic N) is 1. The van der Waals surface area contributed by atoms with Gasteiger partial charge in [0.1, 0.15) is 17.7 Å². The summed E-state index contributed by atoms with van der Waals surface area (Å²) in [5.41, 5.74) is 8.51. The van der Waals surface area contributed by atoms with Crippen molar-refractivity contribution in [2.75, 3.05) is 19.6 Å². The van der Waals surface area contributed by atoms with Crippen LogP contribution in [0.1, 0.15) is 42.5 Å². The van der Waals surface area contributed by atoms with Crippen molar-refractivity contribution in [2.24, 2.45) is 5.92 Å². The Morgan fingerprint density at radius 2 is 1.90 bits per heavy atom. The second-order valence-corrected chi connectivity index (χ2v) is 8.24. The monoisotopic (exact) mass is 397 g/mol. The number of ether oxygens (including phenoxy) is 1. The van der Waals surface area contributed by atoms with Gasteiger partial charge in [0.15, 0.2) is 0 Å². The summed E-state index contributed by atoms with van der Waals surface area (Å²) in [6.45, 7) is 2.81. The molecule has 0 bridgehead atoms. The standard InChI is InChI=1S/C22H28FN5O/c23-18-4-2-1-3-15(18)22-16-11-19(26-13-20(16)27-28-22)17-12-25-10-7-21(17)29-14-5-8-24-9-6-14/h1-4,7,10,12,14,16,19-20,22,24,26-28H,5-6,8-9,11,13H2. The molecule has 29 heavy (non-hydrogen) atoms. The fourth-order valence-electron chi connectivity index (χ4n) is 4.90. The first-order valence-electron chi connectivity index (χ1n) is 10.6. The molecule has 0 amide bonds. The minimum atomic E-state index is -0.154. The van der Waals surface area contributed by atoms with E-state index in [0.29, 0.717) is 0 Å². The van der Waals surface area contributed by atoms with E-state index in [9.17, 15) is 4.39 Å². The summed E-state index contributed by atoms with van der Waals surface area (Å²) in [6.07, 6.45) is 6.89. The molecule has 4 atom stereocenters. The number of benzene rings is 1. The lowest BCUT2D eigenvalue weighted by molar-refractivity contribution is 0.157. The first-order valence-corrected chi connectivity index (χ1v) is 10.6. The molecule has 4 N–H and O–H groups in total. The molecule has 154 valence electrons. The van der Waals surface area contributed by atoms with Gasteiger partial charge < -0.3 is 15.4 Å². The van der Waals surface area contributed by atoms with Crippen LogP contribution in [-0.2, 0) is 0 Å².